The zero-order chi connectivity index (χ0) is 13.7. The number of thioether (sulfide) groups is 1. The molecular formula is C15H20O2S. The van der Waals surface area contributed by atoms with E-state index in [9.17, 15) is 4.79 Å². The second kappa shape index (κ2) is 6.64. The summed E-state index contributed by atoms with van der Waals surface area (Å²) in [7, 11) is 1.64. The van der Waals surface area contributed by atoms with Crippen molar-refractivity contribution < 1.29 is 9.53 Å². The number of methoxy groups -OCH3 is 1. The van der Waals surface area contributed by atoms with Crippen molar-refractivity contribution in [1.29, 1.82) is 0 Å². The molecule has 0 heterocycles. The van der Waals surface area contributed by atoms with Crippen LogP contribution in [0.5, 0.6) is 5.75 Å². The maximum absolute atomic E-state index is 11.7. The van der Waals surface area contributed by atoms with Crippen molar-refractivity contribution in [3.8, 4) is 5.75 Å². The predicted molar refractivity (Wildman–Crippen MR) is 77.1 cm³/mol. The van der Waals surface area contributed by atoms with Gasteiger partial charge in [0.2, 0.25) is 0 Å². The molecule has 0 N–H and O–H groups in total. The Hall–Kier alpha value is -1.22. The minimum Gasteiger partial charge on any atom is -0.497 e. The summed E-state index contributed by atoms with van der Waals surface area (Å²) in [6, 6.07) is 7.76. The van der Waals surface area contributed by atoms with Crippen LogP contribution in [0.1, 0.15) is 27.7 Å². The van der Waals surface area contributed by atoms with Gasteiger partial charge in [0.05, 0.1) is 12.0 Å². The summed E-state index contributed by atoms with van der Waals surface area (Å²) < 4.78 is 5.12. The molecule has 0 radical (unpaired) electrons. The van der Waals surface area contributed by atoms with Crippen LogP contribution in [0.4, 0.5) is 0 Å². The number of hydrogen-bond donors (Lipinski definition) is 0. The maximum atomic E-state index is 11.7. The lowest BCUT2D eigenvalue weighted by Crippen LogP contribution is -2.01. The highest BCUT2D eigenvalue weighted by atomic mass is 32.2. The molecule has 0 aliphatic heterocycles. The van der Waals surface area contributed by atoms with Crippen molar-refractivity contribution >= 4 is 17.5 Å². The summed E-state index contributed by atoms with van der Waals surface area (Å²) in [5.41, 5.74) is 1.14. The Kier molecular flexibility index (Phi) is 5.48. The SMILES string of the molecule is COc1ccc(S/C(C(C)=O)=C(\C)C(C)C)cc1. The van der Waals surface area contributed by atoms with E-state index >= 15 is 0 Å². The number of rotatable bonds is 5. The van der Waals surface area contributed by atoms with E-state index in [1.54, 1.807) is 14.0 Å². The van der Waals surface area contributed by atoms with Crippen LogP contribution in [-0.4, -0.2) is 12.9 Å². The first-order valence-electron chi connectivity index (χ1n) is 5.99. The molecule has 18 heavy (non-hydrogen) atoms. The first-order valence-corrected chi connectivity index (χ1v) is 6.81. The molecular weight excluding hydrogens is 244 g/mol. The normalized spacial score (nSPS) is 12.3. The third kappa shape index (κ3) is 3.91. The zero-order valence-electron chi connectivity index (χ0n) is 11.6. The summed E-state index contributed by atoms with van der Waals surface area (Å²) in [6.45, 7) is 7.86. The molecule has 1 aromatic carbocycles. The van der Waals surface area contributed by atoms with Gasteiger partial charge in [0.15, 0.2) is 5.78 Å². The Morgan fingerprint density at radius 1 is 1.17 bits per heavy atom. The third-order valence-electron chi connectivity index (χ3n) is 2.82. The second-order valence-electron chi connectivity index (χ2n) is 4.50. The fourth-order valence-corrected chi connectivity index (χ4v) is 2.50. The molecule has 0 amide bonds. The molecule has 0 aliphatic rings. The molecule has 0 spiro atoms. The van der Waals surface area contributed by atoms with Crippen LogP contribution in [0.15, 0.2) is 39.6 Å². The summed E-state index contributed by atoms with van der Waals surface area (Å²) >= 11 is 1.53. The van der Waals surface area contributed by atoms with Gasteiger partial charge >= 0.3 is 0 Å². The van der Waals surface area contributed by atoms with Gasteiger partial charge in [-0.1, -0.05) is 31.2 Å². The van der Waals surface area contributed by atoms with Crippen molar-refractivity contribution in [3.05, 3.63) is 34.7 Å². The number of ketones is 1. The largest absolute Gasteiger partial charge is 0.497 e. The molecule has 3 heteroatoms. The van der Waals surface area contributed by atoms with Gasteiger partial charge < -0.3 is 4.74 Å². The van der Waals surface area contributed by atoms with E-state index < -0.39 is 0 Å². The smallest absolute Gasteiger partial charge is 0.166 e. The highest BCUT2D eigenvalue weighted by Crippen LogP contribution is 2.32. The number of ether oxygens (including phenoxy) is 1. The van der Waals surface area contributed by atoms with Gasteiger partial charge in [-0.3, -0.25) is 4.79 Å². The highest BCUT2D eigenvalue weighted by molar-refractivity contribution is 8.04. The summed E-state index contributed by atoms with van der Waals surface area (Å²) in [4.78, 5) is 13.6. The predicted octanol–water partition coefficient (Wildman–Crippen LogP) is 4.31. The Labute approximate surface area is 113 Å². The first kappa shape index (κ1) is 14.8. The van der Waals surface area contributed by atoms with E-state index in [2.05, 4.69) is 13.8 Å². The average Bonchev–Trinajstić information content (AvgIpc) is 2.35. The Morgan fingerprint density at radius 2 is 1.72 bits per heavy atom. The van der Waals surface area contributed by atoms with Crippen molar-refractivity contribution in [2.45, 2.75) is 32.6 Å². The van der Waals surface area contributed by atoms with Gasteiger partial charge in [-0.05, 0) is 44.0 Å². The molecule has 0 fully saturated rings. The van der Waals surface area contributed by atoms with Crippen LogP contribution in [-0.2, 0) is 4.79 Å². The summed E-state index contributed by atoms with van der Waals surface area (Å²) in [5, 5.41) is 0. The van der Waals surface area contributed by atoms with E-state index in [0.29, 0.717) is 5.92 Å². The molecule has 2 nitrogen and oxygen atoms in total. The highest BCUT2D eigenvalue weighted by Gasteiger charge is 2.12. The number of hydrogen-bond acceptors (Lipinski definition) is 3. The number of allylic oxidation sites excluding steroid dienone is 2. The number of Topliss-reactive ketones (excluding diaryl/α,β-unsaturated/α-hetero) is 1. The lowest BCUT2D eigenvalue weighted by Gasteiger charge is -2.12. The molecule has 0 saturated carbocycles. The fourth-order valence-electron chi connectivity index (χ4n) is 1.45. The van der Waals surface area contributed by atoms with E-state index in [4.69, 9.17) is 4.74 Å². The van der Waals surface area contributed by atoms with E-state index in [-0.39, 0.29) is 5.78 Å². The van der Waals surface area contributed by atoms with Crippen LogP contribution in [0.25, 0.3) is 0 Å². The molecule has 98 valence electrons. The van der Waals surface area contributed by atoms with E-state index in [1.165, 1.54) is 11.8 Å². The van der Waals surface area contributed by atoms with Crippen molar-refractivity contribution in [2.75, 3.05) is 7.11 Å². The standard InChI is InChI=1S/C15H20O2S/c1-10(2)11(3)15(12(4)16)18-14-8-6-13(17-5)7-9-14/h6-10H,1-5H3/b15-11+. The number of carbonyl (C=O) groups excluding carboxylic acids is 1. The molecule has 0 saturated heterocycles. The quantitative estimate of drug-likeness (QED) is 0.585. The number of benzene rings is 1. The van der Waals surface area contributed by atoms with Gasteiger partial charge in [0.25, 0.3) is 0 Å². The molecule has 0 unspecified atom stereocenters. The van der Waals surface area contributed by atoms with Crippen LogP contribution >= 0.6 is 11.8 Å². The molecule has 0 aromatic heterocycles. The van der Waals surface area contributed by atoms with Gasteiger partial charge in [-0.25, -0.2) is 0 Å². The molecule has 0 bridgehead atoms. The molecule has 1 aromatic rings. The van der Waals surface area contributed by atoms with E-state index in [0.717, 1.165) is 21.1 Å². The van der Waals surface area contributed by atoms with Crippen molar-refractivity contribution in [3.63, 3.8) is 0 Å². The summed E-state index contributed by atoms with van der Waals surface area (Å²) in [6.07, 6.45) is 0. The third-order valence-corrected chi connectivity index (χ3v) is 4.14. The zero-order valence-corrected chi connectivity index (χ0v) is 12.4. The van der Waals surface area contributed by atoms with Crippen LogP contribution < -0.4 is 4.74 Å². The monoisotopic (exact) mass is 264 g/mol. The van der Waals surface area contributed by atoms with E-state index in [1.807, 2.05) is 31.2 Å². The Balaban J connectivity index is 2.97. The van der Waals surface area contributed by atoms with Gasteiger partial charge in [0.1, 0.15) is 5.75 Å². The Bertz CT molecular complexity index is 444. The van der Waals surface area contributed by atoms with Crippen molar-refractivity contribution in [2.24, 2.45) is 5.92 Å². The Morgan fingerprint density at radius 3 is 2.11 bits per heavy atom. The average molecular weight is 264 g/mol. The lowest BCUT2D eigenvalue weighted by molar-refractivity contribution is -0.113. The topological polar surface area (TPSA) is 26.3 Å². The molecule has 1 rings (SSSR count). The van der Waals surface area contributed by atoms with Gasteiger partial charge in [-0.15, -0.1) is 0 Å². The minimum absolute atomic E-state index is 0.127. The van der Waals surface area contributed by atoms with Gasteiger partial charge in [-0.2, -0.15) is 0 Å². The van der Waals surface area contributed by atoms with Crippen molar-refractivity contribution in [1.82, 2.24) is 0 Å². The summed E-state index contributed by atoms with van der Waals surface area (Å²) in [5.74, 6) is 1.34. The fraction of sp³-hybridized carbons (Fsp3) is 0.400. The van der Waals surface area contributed by atoms with Gasteiger partial charge in [0, 0.05) is 4.90 Å². The van der Waals surface area contributed by atoms with Crippen LogP contribution in [0.3, 0.4) is 0 Å². The van der Waals surface area contributed by atoms with Crippen LogP contribution in [0.2, 0.25) is 0 Å². The van der Waals surface area contributed by atoms with Crippen LogP contribution in [0, 0.1) is 5.92 Å². The second-order valence-corrected chi connectivity index (χ2v) is 5.58. The molecule has 0 aliphatic carbocycles. The lowest BCUT2D eigenvalue weighted by atomic mass is 10.0. The molecule has 0 atom stereocenters. The number of carbonyl (C=O) groups is 1. The maximum Gasteiger partial charge on any atom is 0.166 e. The minimum atomic E-state index is 0.127. The first-order chi connectivity index (χ1) is 8.45.